The monoisotopic (exact) mass is 208 g/mol. The van der Waals surface area contributed by atoms with Crippen LogP contribution in [0.5, 0.6) is 0 Å². The molecule has 15 heavy (non-hydrogen) atoms. The summed E-state index contributed by atoms with van der Waals surface area (Å²) in [5, 5.41) is 0. The highest BCUT2D eigenvalue weighted by atomic mass is 15.2. The highest BCUT2D eigenvalue weighted by Gasteiger charge is 2.42. The number of nitrogens with zero attached hydrogens (tertiary/aromatic N) is 1. The van der Waals surface area contributed by atoms with Crippen LogP contribution in [-0.2, 0) is 0 Å². The molecule has 1 saturated heterocycles. The van der Waals surface area contributed by atoms with Gasteiger partial charge in [-0.3, -0.25) is 4.90 Å². The van der Waals surface area contributed by atoms with Crippen molar-refractivity contribution in [2.45, 2.75) is 51.1 Å². The largest absolute Gasteiger partial charge is 0.327 e. The Morgan fingerprint density at radius 1 is 1.13 bits per heavy atom. The second-order valence-electron chi connectivity index (χ2n) is 6.05. The van der Waals surface area contributed by atoms with Crippen LogP contribution in [0.25, 0.3) is 0 Å². The smallest absolute Gasteiger partial charge is 0.00954 e. The molecule has 0 aromatic heterocycles. The molecule has 1 heterocycles. The van der Waals surface area contributed by atoms with Crippen molar-refractivity contribution in [3.63, 3.8) is 0 Å². The number of rotatable bonds is 2. The molecule has 0 bridgehead atoms. The lowest BCUT2D eigenvalue weighted by atomic mass is 9.78. The second kappa shape index (κ2) is 3.74. The van der Waals surface area contributed by atoms with E-state index in [9.17, 15) is 0 Å². The minimum atomic E-state index is 0.500. The van der Waals surface area contributed by atoms with Crippen LogP contribution in [0.4, 0.5) is 0 Å². The topological polar surface area (TPSA) is 29.3 Å². The van der Waals surface area contributed by atoms with Gasteiger partial charge in [0.05, 0.1) is 0 Å². The van der Waals surface area contributed by atoms with Crippen molar-refractivity contribution < 1.29 is 0 Å². The second-order valence-corrected chi connectivity index (χ2v) is 6.05. The number of likely N-dealkylation sites (tertiary alicyclic amines) is 1. The van der Waals surface area contributed by atoms with Crippen molar-refractivity contribution >= 4 is 0 Å². The highest BCUT2D eigenvalue weighted by Crippen LogP contribution is 2.41. The Labute approximate surface area is 93.2 Å². The number of hydrogen-bond donors (Lipinski definition) is 1. The first-order valence-electron chi connectivity index (χ1n) is 6.75. The summed E-state index contributed by atoms with van der Waals surface area (Å²) < 4.78 is 0. The van der Waals surface area contributed by atoms with E-state index in [4.69, 9.17) is 5.73 Å². The van der Waals surface area contributed by atoms with E-state index in [2.05, 4.69) is 11.8 Å². The zero-order valence-corrected chi connectivity index (χ0v) is 9.86. The Balaban J connectivity index is 1.64. The Hall–Kier alpha value is -0.0800. The fourth-order valence-electron chi connectivity index (χ4n) is 3.76. The molecule has 4 atom stereocenters. The average molecular weight is 208 g/mol. The van der Waals surface area contributed by atoms with Gasteiger partial charge in [-0.25, -0.2) is 0 Å². The molecule has 4 unspecified atom stereocenters. The summed E-state index contributed by atoms with van der Waals surface area (Å²) in [5.74, 6) is 2.76. The molecular weight excluding hydrogens is 184 g/mol. The lowest BCUT2D eigenvalue weighted by Crippen LogP contribution is -2.39. The Morgan fingerprint density at radius 3 is 2.60 bits per heavy atom. The maximum absolute atomic E-state index is 6.25. The standard InChI is InChI=1S/C13H24N2/c1-9(10-5-6-10)15-7-11-3-2-4-13(14)12(11)8-15/h9-13H,2-8,14H2,1H3. The van der Waals surface area contributed by atoms with Gasteiger partial charge in [0.25, 0.3) is 0 Å². The van der Waals surface area contributed by atoms with E-state index in [0.717, 1.165) is 23.8 Å². The van der Waals surface area contributed by atoms with Gasteiger partial charge >= 0.3 is 0 Å². The SMILES string of the molecule is CC(C1CC1)N1CC2CCCC(N)C2C1. The van der Waals surface area contributed by atoms with E-state index in [-0.39, 0.29) is 0 Å². The predicted molar refractivity (Wildman–Crippen MR) is 62.6 cm³/mol. The summed E-state index contributed by atoms with van der Waals surface area (Å²) >= 11 is 0. The van der Waals surface area contributed by atoms with E-state index in [1.165, 1.54) is 45.2 Å². The molecule has 0 amide bonds. The Bertz CT molecular complexity index is 237. The maximum atomic E-state index is 6.25. The fourth-order valence-corrected chi connectivity index (χ4v) is 3.76. The summed E-state index contributed by atoms with van der Waals surface area (Å²) in [7, 11) is 0. The summed E-state index contributed by atoms with van der Waals surface area (Å²) in [6, 6.07) is 1.34. The van der Waals surface area contributed by atoms with Crippen LogP contribution in [-0.4, -0.2) is 30.1 Å². The molecule has 3 fully saturated rings. The van der Waals surface area contributed by atoms with Crippen LogP contribution in [0.3, 0.4) is 0 Å². The summed E-state index contributed by atoms with van der Waals surface area (Å²) in [4.78, 5) is 2.73. The van der Waals surface area contributed by atoms with Crippen molar-refractivity contribution in [3.8, 4) is 0 Å². The quantitative estimate of drug-likeness (QED) is 0.750. The van der Waals surface area contributed by atoms with Crippen LogP contribution in [0.15, 0.2) is 0 Å². The normalized spacial score (nSPS) is 44.0. The van der Waals surface area contributed by atoms with Crippen molar-refractivity contribution in [1.29, 1.82) is 0 Å². The van der Waals surface area contributed by atoms with Gasteiger partial charge in [-0.15, -0.1) is 0 Å². The van der Waals surface area contributed by atoms with Crippen molar-refractivity contribution in [1.82, 2.24) is 4.90 Å². The van der Waals surface area contributed by atoms with Crippen molar-refractivity contribution in [3.05, 3.63) is 0 Å². The minimum Gasteiger partial charge on any atom is -0.327 e. The van der Waals surface area contributed by atoms with Gasteiger partial charge < -0.3 is 5.73 Å². The molecule has 0 aromatic carbocycles. The van der Waals surface area contributed by atoms with Gasteiger partial charge in [0.2, 0.25) is 0 Å². The zero-order chi connectivity index (χ0) is 10.4. The molecule has 3 aliphatic rings. The first kappa shape index (κ1) is 10.1. The van der Waals surface area contributed by atoms with Gasteiger partial charge in [0, 0.05) is 25.2 Å². The average Bonchev–Trinajstić information content (AvgIpc) is 2.97. The molecule has 3 rings (SSSR count). The van der Waals surface area contributed by atoms with Crippen LogP contribution in [0.2, 0.25) is 0 Å². The number of nitrogens with two attached hydrogens (primary N) is 1. The van der Waals surface area contributed by atoms with Gasteiger partial charge in [-0.1, -0.05) is 6.42 Å². The van der Waals surface area contributed by atoms with Gasteiger partial charge in [-0.05, 0) is 50.4 Å². The third-order valence-electron chi connectivity index (χ3n) is 5.06. The highest BCUT2D eigenvalue weighted by molar-refractivity contribution is 4.97. The molecule has 0 aromatic rings. The molecule has 2 N–H and O–H groups in total. The third kappa shape index (κ3) is 1.83. The minimum absolute atomic E-state index is 0.500. The Kier molecular flexibility index (Phi) is 2.52. The van der Waals surface area contributed by atoms with Gasteiger partial charge in [-0.2, -0.15) is 0 Å². The Morgan fingerprint density at radius 2 is 1.93 bits per heavy atom. The number of hydrogen-bond acceptors (Lipinski definition) is 2. The molecule has 0 spiro atoms. The summed E-state index contributed by atoms with van der Waals surface area (Å²) in [6.07, 6.45) is 7.02. The van der Waals surface area contributed by atoms with Crippen LogP contribution in [0, 0.1) is 17.8 Å². The molecule has 2 aliphatic carbocycles. The summed E-state index contributed by atoms with van der Waals surface area (Å²) in [6.45, 7) is 5.07. The lowest BCUT2D eigenvalue weighted by molar-refractivity contribution is 0.221. The van der Waals surface area contributed by atoms with E-state index >= 15 is 0 Å². The van der Waals surface area contributed by atoms with Gasteiger partial charge in [0.15, 0.2) is 0 Å². The molecule has 2 nitrogen and oxygen atoms in total. The van der Waals surface area contributed by atoms with Gasteiger partial charge in [0.1, 0.15) is 0 Å². The molecule has 0 radical (unpaired) electrons. The lowest BCUT2D eigenvalue weighted by Gasteiger charge is -2.30. The number of fused-ring (bicyclic) bond motifs is 1. The van der Waals surface area contributed by atoms with Crippen molar-refractivity contribution in [2.75, 3.05) is 13.1 Å². The first-order chi connectivity index (χ1) is 7.25. The summed E-state index contributed by atoms with van der Waals surface area (Å²) in [5.41, 5.74) is 6.25. The third-order valence-corrected chi connectivity index (χ3v) is 5.06. The molecule has 1 aliphatic heterocycles. The van der Waals surface area contributed by atoms with E-state index in [1.807, 2.05) is 0 Å². The zero-order valence-electron chi connectivity index (χ0n) is 9.86. The van der Waals surface area contributed by atoms with E-state index in [1.54, 1.807) is 0 Å². The molecule has 2 saturated carbocycles. The molecular formula is C13H24N2. The van der Waals surface area contributed by atoms with Crippen LogP contribution < -0.4 is 5.73 Å². The predicted octanol–water partition coefficient (Wildman–Crippen LogP) is 1.84. The first-order valence-corrected chi connectivity index (χ1v) is 6.75. The van der Waals surface area contributed by atoms with Crippen LogP contribution in [0.1, 0.15) is 39.0 Å². The maximum Gasteiger partial charge on any atom is 0.00954 e. The van der Waals surface area contributed by atoms with Crippen LogP contribution >= 0.6 is 0 Å². The molecule has 86 valence electrons. The molecule has 2 heteroatoms. The van der Waals surface area contributed by atoms with Crippen molar-refractivity contribution in [2.24, 2.45) is 23.5 Å². The van der Waals surface area contributed by atoms with E-state index < -0.39 is 0 Å². The fraction of sp³-hybridized carbons (Fsp3) is 1.00. The van der Waals surface area contributed by atoms with E-state index in [0.29, 0.717) is 6.04 Å².